The van der Waals surface area contributed by atoms with Crippen molar-refractivity contribution in [1.82, 2.24) is 14.5 Å². The second-order valence-electron chi connectivity index (χ2n) is 18.9. The van der Waals surface area contributed by atoms with Crippen LogP contribution in [0.3, 0.4) is 0 Å². The summed E-state index contributed by atoms with van der Waals surface area (Å²) in [7, 11) is 0. The average Bonchev–Trinajstić information content (AvgIpc) is 3.78. The number of rotatable bonds is 7. The number of fused-ring (bicyclic) bond motifs is 4. The maximum absolute atomic E-state index is 12.0. The van der Waals surface area contributed by atoms with Gasteiger partial charge in [-0.3, -0.25) is 9.55 Å². The second kappa shape index (κ2) is 14.6. The highest BCUT2D eigenvalue weighted by Crippen LogP contribution is 2.52. The van der Waals surface area contributed by atoms with Crippen LogP contribution in [0.2, 0.25) is 0 Å². The Morgan fingerprint density at radius 1 is 0.500 bits per heavy atom. The number of pyridine rings is 1. The molecule has 0 unspecified atom stereocenters. The van der Waals surface area contributed by atoms with E-state index in [-0.39, 0.29) is 22.0 Å². The van der Waals surface area contributed by atoms with Crippen LogP contribution in [0.1, 0.15) is 76.3 Å². The Hall–Kier alpha value is -7.04. The molecule has 1 aliphatic carbocycles. The van der Waals surface area contributed by atoms with E-state index in [1.54, 1.807) is 0 Å². The summed E-state index contributed by atoms with van der Waals surface area (Å²) in [6.07, 6.45) is 1.92. The maximum atomic E-state index is 12.0. The lowest BCUT2D eigenvalue weighted by Gasteiger charge is -2.26. The number of para-hydroxylation sites is 2. The van der Waals surface area contributed by atoms with Gasteiger partial charge in [-0.05, 0) is 116 Å². The summed E-state index contributed by atoms with van der Waals surface area (Å²) in [6.45, 7) is 15.8. The third-order valence-corrected chi connectivity index (χ3v) is 13.2. The van der Waals surface area contributed by atoms with Crippen LogP contribution < -0.4 is 0 Å². The molecular formula is C58H51N3O. The van der Waals surface area contributed by atoms with Gasteiger partial charge in [-0.1, -0.05) is 164 Å². The van der Waals surface area contributed by atoms with Crippen molar-refractivity contribution in [2.24, 2.45) is 0 Å². The van der Waals surface area contributed by atoms with E-state index in [9.17, 15) is 5.11 Å². The van der Waals surface area contributed by atoms with Crippen LogP contribution in [0.25, 0.3) is 72.7 Å². The molecule has 304 valence electrons. The third-order valence-electron chi connectivity index (χ3n) is 13.2. The molecular weight excluding hydrogens is 755 g/mol. The van der Waals surface area contributed by atoms with Gasteiger partial charge in [-0.15, -0.1) is 0 Å². The highest BCUT2D eigenvalue weighted by Gasteiger charge is 2.37. The number of aromatic hydroxyl groups is 1. The van der Waals surface area contributed by atoms with Crippen molar-refractivity contribution in [2.45, 2.75) is 64.7 Å². The van der Waals surface area contributed by atoms with Crippen LogP contribution in [0.5, 0.6) is 5.75 Å². The average molecular weight is 806 g/mol. The van der Waals surface area contributed by atoms with E-state index < -0.39 is 0 Å². The van der Waals surface area contributed by atoms with E-state index in [0.717, 1.165) is 61.4 Å². The van der Waals surface area contributed by atoms with E-state index in [1.807, 2.05) is 18.3 Å². The minimum Gasteiger partial charge on any atom is -0.507 e. The van der Waals surface area contributed by atoms with Crippen LogP contribution in [-0.4, -0.2) is 19.6 Å². The molecule has 62 heavy (non-hydrogen) atoms. The number of phenols is 1. The number of nitrogens with zero attached hydrogens (tertiary/aromatic N) is 3. The standard InChI is InChI=1S/C58H51N3O/c1-56(2,3)43-32-39(31-40(33-43)51-34-38(29-30-59-51)37-25-27-42(28-26-37)57(4,5)41-17-10-8-11-18-41)45-22-16-24-52-54(45)60-55(61(52)44-19-12-9-13-20-44)48-35-47-46-21-14-15-23-49(46)58(6,7)50(47)36-53(48)62/h8-36,62H,1-7H3. The summed E-state index contributed by atoms with van der Waals surface area (Å²) in [4.78, 5) is 10.5. The van der Waals surface area contributed by atoms with Gasteiger partial charge in [0.15, 0.2) is 0 Å². The molecule has 0 amide bonds. The van der Waals surface area contributed by atoms with Crippen molar-refractivity contribution < 1.29 is 5.11 Å². The van der Waals surface area contributed by atoms with E-state index in [4.69, 9.17) is 9.97 Å². The SMILES string of the molecule is CC(C)(C)c1cc(-c2cc(-c3ccc(C(C)(C)c4ccccc4)cc3)ccn2)cc(-c2cccc3c2nc(-c2cc4c(cc2O)C(C)(C)c2ccccc2-4)n3-c2ccccc2)c1. The van der Waals surface area contributed by atoms with Crippen molar-refractivity contribution >= 4 is 11.0 Å². The molecule has 0 spiro atoms. The van der Waals surface area contributed by atoms with Crippen molar-refractivity contribution in [1.29, 1.82) is 0 Å². The van der Waals surface area contributed by atoms with Gasteiger partial charge >= 0.3 is 0 Å². The van der Waals surface area contributed by atoms with E-state index in [0.29, 0.717) is 11.4 Å². The minimum absolute atomic E-state index is 0.113. The molecule has 1 aliphatic rings. The molecule has 7 aromatic carbocycles. The number of aromatic nitrogens is 3. The summed E-state index contributed by atoms with van der Waals surface area (Å²) < 4.78 is 2.19. The number of imidazole rings is 1. The van der Waals surface area contributed by atoms with Crippen LogP contribution in [0, 0.1) is 0 Å². The molecule has 2 heterocycles. The lowest BCUT2D eigenvalue weighted by atomic mass is 9.78. The van der Waals surface area contributed by atoms with Gasteiger partial charge in [0.1, 0.15) is 11.6 Å². The third kappa shape index (κ3) is 6.53. The van der Waals surface area contributed by atoms with E-state index >= 15 is 0 Å². The molecule has 0 aliphatic heterocycles. The first-order valence-electron chi connectivity index (χ1n) is 21.6. The van der Waals surface area contributed by atoms with Gasteiger partial charge in [0.05, 0.1) is 22.3 Å². The van der Waals surface area contributed by atoms with Gasteiger partial charge in [-0.2, -0.15) is 0 Å². The van der Waals surface area contributed by atoms with Gasteiger partial charge < -0.3 is 5.11 Å². The predicted molar refractivity (Wildman–Crippen MR) is 257 cm³/mol. The van der Waals surface area contributed by atoms with Crippen molar-refractivity contribution in [3.8, 4) is 67.5 Å². The van der Waals surface area contributed by atoms with E-state index in [1.165, 1.54) is 27.8 Å². The normalized spacial score (nSPS) is 13.3. The number of hydrogen-bond acceptors (Lipinski definition) is 3. The Labute approximate surface area is 365 Å². The highest BCUT2D eigenvalue weighted by molar-refractivity contribution is 5.97. The van der Waals surface area contributed by atoms with E-state index in [2.05, 4.69) is 211 Å². The molecule has 0 bridgehead atoms. The lowest BCUT2D eigenvalue weighted by molar-refractivity contribution is 0.474. The molecule has 0 saturated heterocycles. The summed E-state index contributed by atoms with van der Waals surface area (Å²) in [5, 5.41) is 12.0. The summed E-state index contributed by atoms with van der Waals surface area (Å²) in [5.74, 6) is 0.914. The molecule has 0 saturated carbocycles. The zero-order valence-corrected chi connectivity index (χ0v) is 36.5. The van der Waals surface area contributed by atoms with Gasteiger partial charge in [-0.25, -0.2) is 4.98 Å². The first-order chi connectivity index (χ1) is 29.8. The van der Waals surface area contributed by atoms with Crippen molar-refractivity contribution in [3.63, 3.8) is 0 Å². The molecule has 2 aromatic heterocycles. The fraction of sp³-hybridized carbons (Fsp3) is 0.172. The number of hydrogen-bond donors (Lipinski definition) is 1. The topological polar surface area (TPSA) is 50.9 Å². The quantitative estimate of drug-likeness (QED) is 0.175. The molecule has 4 nitrogen and oxygen atoms in total. The Morgan fingerprint density at radius 3 is 1.90 bits per heavy atom. The lowest BCUT2D eigenvalue weighted by Crippen LogP contribution is -2.18. The van der Waals surface area contributed by atoms with Crippen LogP contribution >= 0.6 is 0 Å². The first-order valence-corrected chi connectivity index (χ1v) is 21.6. The molecule has 0 radical (unpaired) electrons. The van der Waals surface area contributed by atoms with Gasteiger partial charge in [0, 0.05) is 33.8 Å². The first kappa shape index (κ1) is 39.1. The highest BCUT2D eigenvalue weighted by atomic mass is 16.3. The largest absolute Gasteiger partial charge is 0.507 e. The Kier molecular flexibility index (Phi) is 9.19. The van der Waals surface area contributed by atoms with Gasteiger partial charge in [0.25, 0.3) is 0 Å². The van der Waals surface area contributed by atoms with Gasteiger partial charge in [0.2, 0.25) is 0 Å². The molecule has 0 fully saturated rings. The molecule has 1 N–H and O–H groups in total. The number of benzene rings is 7. The predicted octanol–water partition coefficient (Wildman–Crippen LogP) is 14.7. The molecule has 10 rings (SSSR count). The Bertz CT molecular complexity index is 3150. The zero-order valence-electron chi connectivity index (χ0n) is 36.5. The van der Waals surface area contributed by atoms with Crippen molar-refractivity contribution in [3.05, 3.63) is 204 Å². The fourth-order valence-corrected chi connectivity index (χ4v) is 9.50. The maximum Gasteiger partial charge on any atom is 0.149 e. The molecule has 0 atom stereocenters. The summed E-state index contributed by atoms with van der Waals surface area (Å²) in [6, 6.07) is 60.3. The fourth-order valence-electron chi connectivity index (χ4n) is 9.50. The summed E-state index contributed by atoms with van der Waals surface area (Å²) >= 11 is 0. The Morgan fingerprint density at radius 2 is 1.16 bits per heavy atom. The minimum atomic E-state index is -0.233. The number of phenolic OH excluding ortho intramolecular Hbond substituents is 1. The van der Waals surface area contributed by atoms with Crippen molar-refractivity contribution in [2.75, 3.05) is 0 Å². The van der Waals surface area contributed by atoms with Crippen LogP contribution in [0.4, 0.5) is 0 Å². The molecule has 9 aromatic rings. The van der Waals surface area contributed by atoms with Crippen LogP contribution in [-0.2, 0) is 16.2 Å². The smallest absolute Gasteiger partial charge is 0.149 e. The summed E-state index contributed by atoms with van der Waals surface area (Å²) in [5.41, 5.74) is 17.8. The van der Waals surface area contributed by atoms with Crippen LogP contribution in [0.15, 0.2) is 176 Å². The zero-order chi connectivity index (χ0) is 43.0. The second-order valence-corrected chi connectivity index (χ2v) is 18.9. The monoisotopic (exact) mass is 805 g/mol. The Balaban J connectivity index is 1.11. The molecule has 4 heteroatoms.